The molecule has 0 spiro atoms. The number of rotatable bonds is 5. The molecule has 0 atom stereocenters. The van der Waals surface area contributed by atoms with Crippen LogP contribution in [0.2, 0.25) is 5.02 Å². The number of nitrogens with zero attached hydrogens (tertiary/aromatic N) is 3. The Bertz CT molecular complexity index is 682. The van der Waals surface area contributed by atoms with Gasteiger partial charge in [-0.05, 0) is 11.6 Å². The van der Waals surface area contributed by atoms with Gasteiger partial charge in [0.25, 0.3) is 5.91 Å². The van der Waals surface area contributed by atoms with Gasteiger partial charge in [-0.15, -0.1) is 5.10 Å². The maximum Gasteiger partial charge on any atom is 0.273 e. The van der Waals surface area contributed by atoms with Crippen molar-refractivity contribution in [3.63, 3.8) is 0 Å². The first-order valence-corrected chi connectivity index (χ1v) is 7.43. The predicted molar refractivity (Wildman–Crippen MR) is 81.8 cm³/mol. The first-order chi connectivity index (χ1) is 10.6. The second-order valence-electron chi connectivity index (χ2n) is 5.88. The number of hydrogen-bond acceptors (Lipinski definition) is 4. The molecule has 0 bridgehead atoms. The number of benzene rings is 1. The van der Waals surface area contributed by atoms with Gasteiger partial charge >= 0.3 is 0 Å². The summed E-state index contributed by atoms with van der Waals surface area (Å²) in [4.78, 5) is 12.1. The number of nitrogens with one attached hydrogen (secondary N) is 1. The molecule has 0 saturated carbocycles. The molecule has 3 rings (SSSR count). The molecule has 116 valence electrons. The summed E-state index contributed by atoms with van der Waals surface area (Å²) >= 11 is 6.11. The van der Waals surface area contributed by atoms with Gasteiger partial charge in [0.15, 0.2) is 5.69 Å². The van der Waals surface area contributed by atoms with Crippen molar-refractivity contribution in [2.24, 2.45) is 5.41 Å². The zero-order chi connectivity index (χ0) is 15.6. The van der Waals surface area contributed by atoms with Crippen LogP contribution in [0.4, 0.5) is 0 Å². The lowest BCUT2D eigenvalue weighted by Gasteiger charge is -2.37. The third kappa shape index (κ3) is 3.28. The number of hydrogen-bond donors (Lipinski definition) is 1. The number of carbonyl (C=O) groups is 1. The molecule has 0 radical (unpaired) electrons. The van der Waals surface area contributed by atoms with Crippen LogP contribution in [-0.4, -0.2) is 40.7 Å². The minimum atomic E-state index is -0.224. The van der Waals surface area contributed by atoms with Crippen molar-refractivity contribution in [1.82, 2.24) is 20.3 Å². The van der Waals surface area contributed by atoms with Crippen LogP contribution in [0.3, 0.4) is 0 Å². The molecule has 1 aliphatic heterocycles. The van der Waals surface area contributed by atoms with Crippen molar-refractivity contribution >= 4 is 17.5 Å². The molecule has 1 saturated heterocycles. The van der Waals surface area contributed by atoms with Crippen LogP contribution in [0.15, 0.2) is 30.5 Å². The smallest absolute Gasteiger partial charge is 0.273 e. The molecule has 1 aromatic heterocycles. The molecule has 22 heavy (non-hydrogen) atoms. The Kier molecular flexibility index (Phi) is 4.13. The molecule has 2 aromatic rings. The van der Waals surface area contributed by atoms with Gasteiger partial charge in [0.05, 0.1) is 26.0 Å². The van der Waals surface area contributed by atoms with Crippen LogP contribution in [-0.2, 0) is 11.3 Å². The van der Waals surface area contributed by atoms with Crippen LogP contribution in [0.25, 0.3) is 0 Å². The molecule has 0 aliphatic carbocycles. The Balaban J connectivity index is 1.61. The van der Waals surface area contributed by atoms with E-state index in [4.69, 9.17) is 16.3 Å². The third-order valence-corrected chi connectivity index (χ3v) is 4.01. The summed E-state index contributed by atoms with van der Waals surface area (Å²) in [5.74, 6) is -0.224. The van der Waals surface area contributed by atoms with E-state index in [1.807, 2.05) is 24.3 Å². The second-order valence-corrected chi connectivity index (χ2v) is 6.29. The van der Waals surface area contributed by atoms with Crippen molar-refractivity contribution < 1.29 is 9.53 Å². The lowest BCUT2D eigenvalue weighted by atomic mass is 9.89. The highest BCUT2D eigenvalue weighted by Gasteiger charge is 2.33. The summed E-state index contributed by atoms with van der Waals surface area (Å²) in [6.45, 7) is 4.47. The molecular formula is C15H17ClN4O2. The summed E-state index contributed by atoms with van der Waals surface area (Å²) < 4.78 is 6.76. The molecule has 1 amide bonds. The lowest BCUT2D eigenvalue weighted by molar-refractivity contribution is -0.0978. The minimum Gasteiger partial charge on any atom is -0.380 e. The minimum absolute atomic E-state index is 0.0310. The topological polar surface area (TPSA) is 69.0 Å². The van der Waals surface area contributed by atoms with Gasteiger partial charge in [0.2, 0.25) is 0 Å². The van der Waals surface area contributed by atoms with Crippen molar-refractivity contribution in [3.8, 4) is 0 Å². The highest BCUT2D eigenvalue weighted by molar-refractivity contribution is 6.31. The van der Waals surface area contributed by atoms with Gasteiger partial charge in [-0.3, -0.25) is 4.79 Å². The largest absolute Gasteiger partial charge is 0.380 e. The van der Waals surface area contributed by atoms with E-state index in [1.54, 1.807) is 10.9 Å². The summed E-state index contributed by atoms with van der Waals surface area (Å²) in [5.41, 5.74) is 1.26. The standard InChI is InChI=1S/C15H17ClN4O2/c1-15(9-22-10-15)8-17-14(21)13-7-20(19-18-13)6-11-4-2-3-5-12(11)16/h2-5,7H,6,8-10H2,1H3,(H,17,21). The van der Waals surface area contributed by atoms with E-state index in [9.17, 15) is 4.79 Å². The zero-order valence-corrected chi connectivity index (χ0v) is 13.0. The Morgan fingerprint density at radius 2 is 2.23 bits per heavy atom. The van der Waals surface area contributed by atoms with Gasteiger partial charge < -0.3 is 10.1 Å². The van der Waals surface area contributed by atoms with Gasteiger partial charge in [-0.2, -0.15) is 0 Å². The quantitative estimate of drug-likeness (QED) is 0.911. The molecule has 1 aliphatic rings. The monoisotopic (exact) mass is 320 g/mol. The Morgan fingerprint density at radius 1 is 1.45 bits per heavy atom. The predicted octanol–water partition coefficient (Wildman–Crippen LogP) is 1.75. The number of halogens is 1. The van der Waals surface area contributed by atoms with E-state index < -0.39 is 0 Å². The lowest BCUT2D eigenvalue weighted by Crippen LogP contribution is -2.48. The van der Waals surface area contributed by atoms with Gasteiger partial charge in [0.1, 0.15) is 0 Å². The van der Waals surface area contributed by atoms with Crippen LogP contribution >= 0.6 is 11.6 Å². The summed E-state index contributed by atoms with van der Waals surface area (Å²) in [6, 6.07) is 7.52. The number of carbonyl (C=O) groups excluding carboxylic acids is 1. The highest BCUT2D eigenvalue weighted by atomic mass is 35.5. The average molecular weight is 321 g/mol. The maximum absolute atomic E-state index is 12.1. The van der Waals surface area contributed by atoms with Gasteiger partial charge in [0, 0.05) is 17.0 Å². The summed E-state index contributed by atoms with van der Waals surface area (Å²) in [6.07, 6.45) is 1.62. The summed E-state index contributed by atoms with van der Waals surface area (Å²) in [5, 5.41) is 11.4. The fourth-order valence-electron chi connectivity index (χ4n) is 2.22. The Morgan fingerprint density at radius 3 is 2.91 bits per heavy atom. The van der Waals surface area contributed by atoms with Crippen LogP contribution in [0.5, 0.6) is 0 Å². The number of ether oxygens (including phenoxy) is 1. The summed E-state index contributed by atoms with van der Waals surface area (Å²) in [7, 11) is 0. The fourth-order valence-corrected chi connectivity index (χ4v) is 2.41. The molecule has 1 aromatic carbocycles. The van der Waals surface area contributed by atoms with E-state index in [0.717, 1.165) is 5.56 Å². The van der Waals surface area contributed by atoms with Crippen molar-refractivity contribution in [1.29, 1.82) is 0 Å². The van der Waals surface area contributed by atoms with Crippen LogP contribution < -0.4 is 5.32 Å². The average Bonchev–Trinajstić information content (AvgIpc) is 2.94. The maximum atomic E-state index is 12.1. The first kappa shape index (κ1) is 15.0. The van der Waals surface area contributed by atoms with E-state index >= 15 is 0 Å². The van der Waals surface area contributed by atoms with Gasteiger partial charge in [-0.1, -0.05) is 41.9 Å². The molecular weight excluding hydrogens is 304 g/mol. The van der Waals surface area contributed by atoms with Crippen molar-refractivity contribution in [2.45, 2.75) is 13.5 Å². The van der Waals surface area contributed by atoms with Crippen LogP contribution in [0.1, 0.15) is 23.0 Å². The zero-order valence-electron chi connectivity index (χ0n) is 12.3. The molecule has 2 heterocycles. The van der Waals surface area contributed by atoms with E-state index in [1.165, 1.54) is 0 Å². The normalized spacial score (nSPS) is 16.1. The molecule has 7 heteroatoms. The van der Waals surface area contributed by atoms with Gasteiger partial charge in [-0.25, -0.2) is 4.68 Å². The molecule has 0 unspecified atom stereocenters. The molecule has 1 fully saturated rings. The van der Waals surface area contributed by atoms with Crippen LogP contribution in [0, 0.1) is 5.41 Å². The first-order valence-electron chi connectivity index (χ1n) is 7.05. The van der Waals surface area contributed by atoms with E-state index in [0.29, 0.717) is 37.0 Å². The van der Waals surface area contributed by atoms with Crippen molar-refractivity contribution in [3.05, 3.63) is 46.7 Å². The highest BCUT2D eigenvalue weighted by Crippen LogP contribution is 2.25. The molecule has 6 nitrogen and oxygen atoms in total. The molecule has 1 N–H and O–H groups in total. The third-order valence-electron chi connectivity index (χ3n) is 3.64. The van der Waals surface area contributed by atoms with Crippen molar-refractivity contribution in [2.75, 3.05) is 19.8 Å². The number of aromatic nitrogens is 3. The SMILES string of the molecule is CC1(CNC(=O)c2cn(Cc3ccccc3Cl)nn2)COC1. The Labute approximate surface area is 133 Å². The fraction of sp³-hybridized carbons (Fsp3) is 0.400. The van der Waals surface area contributed by atoms with E-state index in [-0.39, 0.29) is 11.3 Å². The van der Waals surface area contributed by atoms with E-state index in [2.05, 4.69) is 22.6 Å². The second kappa shape index (κ2) is 6.06. The number of amides is 1. The Hall–Kier alpha value is -1.92.